The molecule has 0 aliphatic rings. The summed E-state index contributed by atoms with van der Waals surface area (Å²) in [5.74, 6) is -0.315. The molecule has 1 heterocycles. The van der Waals surface area contributed by atoms with Crippen molar-refractivity contribution in [1.29, 1.82) is 0 Å². The van der Waals surface area contributed by atoms with Crippen molar-refractivity contribution in [3.8, 4) is 0 Å². The fourth-order valence-corrected chi connectivity index (χ4v) is 2.91. The Hall–Kier alpha value is -0.723. The molecule has 0 amide bonds. The Balaban J connectivity index is 2.05. The van der Waals surface area contributed by atoms with Gasteiger partial charge in [-0.05, 0) is 18.2 Å². The first-order valence-corrected chi connectivity index (χ1v) is 10.7. The number of hydrogen-bond acceptors (Lipinski definition) is 2. The van der Waals surface area contributed by atoms with Crippen LogP contribution in [0.3, 0.4) is 0 Å². The van der Waals surface area contributed by atoms with Crippen molar-refractivity contribution in [2.75, 3.05) is 6.61 Å². The number of ether oxygens (including phenoxy) is 1. The lowest BCUT2D eigenvalue weighted by atomic mass is 10.3. The molecule has 0 bridgehead atoms. The van der Waals surface area contributed by atoms with Gasteiger partial charge in [-0.1, -0.05) is 35.6 Å². The summed E-state index contributed by atoms with van der Waals surface area (Å²) in [6.45, 7) is 8.10. The molecular formula is C13H18BrFN2OSi. The summed E-state index contributed by atoms with van der Waals surface area (Å²) in [6, 6.07) is 4.40. The topological polar surface area (TPSA) is 27.1 Å². The molecule has 0 saturated heterocycles. The van der Waals surface area contributed by atoms with Gasteiger partial charge in [-0.25, -0.2) is 9.37 Å². The van der Waals surface area contributed by atoms with E-state index < -0.39 is 8.07 Å². The monoisotopic (exact) mass is 344 g/mol. The lowest BCUT2D eigenvalue weighted by Gasteiger charge is -2.15. The van der Waals surface area contributed by atoms with Gasteiger partial charge >= 0.3 is 0 Å². The van der Waals surface area contributed by atoms with Crippen LogP contribution in [0.1, 0.15) is 0 Å². The van der Waals surface area contributed by atoms with Gasteiger partial charge in [0.2, 0.25) is 0 Å². The fraction of sp³-hybridized carbons (Fsp3) is 0.462. The summed E-state index contributed by atoms with van der Waals surface area (Å²) in [5, 5.41) is 0. The van der Waals surface area contributed by atoms with Crippen molar-refractivity contribution in [2.45, 2.75) is 32.4 Å². The second kappa shape index (κ2) is 5.72. The molecule has 0 N–H and O–H groups in total. The van der Waals surface area contributed by atoms with E-state index in [0.29, 0.717) is 16.7 Å². The van der Waals surface area contributed by atoms with Crippen LogP contribution in [0.5, 0.6) is 0 Å². The zero-order valence-corrected chi connectivity index (χ0v) is 14.0. The van der Waals surface area contributed by atoms with Gasteiger partial charge in [0, 0.05) is 19.2 Å². The van der Waals surface area contributed by atoms with Crippen LogP contribution in [0, 0.1) is 5.82 Å². The molecular weight excluding hydrogens is 327 g/mol. The maximum absolute atomic E-state index is 13.7. The molecule has 0 spiro atoms. The molecule has 0 saturated carbocycles. The van der Waals surface area contributed by atoms with Crippen molar-refractivity contribution in [2.24, 2.45) is 0 Å². The molecule has 2 aromatic rings. The smallest absolute Gasteiger partial charge is 0.152 e. The Morgan fingerprint density at radius 2 is 2.11 bits per heavy atom. The van der Waals surface area contributed by atoms with E-state index in [2.05, 4.69) is 40.6 Å². The average molecular weight is 345 g/mol. The van der Waals surface area contributed by atoms with Crippen LogP contribution in [0.25, 0.3) is 11.0 Å². The Morgan fingerprint density at radius 3 is 2.79 bits per heavy atom. The predicted octanol–water partition coefficient (Wildman–Crippen LogP) is 4.25. The standard InChI is InChI=1S/C13H18BrFN2OSi/c1-19(2,3)5-4-18-9-17-8-16-13-11(15)6-10(14)7-12(13)17/h6-8H,4-5,9H2,1-3H3. The van der Waals surface area contributed by atoms with E-state index in [1.807, 2.05) is 10.6 Å². The summed E-state index contributed by atoms with van der Waals surface area (Å²) < 4.78 is 21.9. The summed E-state index contributed by atoms with van der Waals surface area (Å²) in [6.07, 6.45) is 1.62. The number of rotatable bonds is 5. The van der Waals surface area contributed by atoms with E-state index in [-0.39, 0.29) is 5.82 Å². The summed E-state index contributed by atoms with van der Waals surface area (Å²) in [5.41, 5.74) is 1.14. The van der Waals surface area contributed by atoms with Gasteiger partial charge in [0.25, 0.3) is 0 Å². The number of halogens is 2. The highest BCUT2D eigenvalue weighted by Gasteiger charge is 2.13. The van der Waals surface area contributed by atoms with E-state index in [0.717, 1.165) is 18.2 Å². The Labute approximate surface area is 121 Å². The first-order chi connectivity index (χ1) is 8.87. The minimum atomic E-state index is -1.07. The second-order valence-corrected chi connectivity index (χ2v) is 12.4. The minimum Gasteiger partial charge on any atom is -0.361 e. The molecule has 0 atom stereocenters. The van der Waals surface area contributed by atoms with E-state index in [4.69, 9.17) is 4.74 Å². The highest BCUT2D eigenvalue weighted by Crippen LogP contribution is 2.22. The fourth-order valence-electron chi connectivity index (χ4n) is 1.73. The molecule has 0 unspecified atom stereocenters. The number of nitrogens with zero attached hydrogens (tertiary/aromatic N) is 2. The average Bonchev–Trinajstić information content (AvgIpc) is 2.66. The van der Waals surface area contributed by atoms with Gasteiger partial charge < -0.3 is 9.30 Å². The number of imidazole rings is 1. The summed E-state index contributed by atoms with van der Waals surface area (Å²) in [4.78, 5) is 4.08. The van der Waals surface area contributed by atoms with Crippen LogP contribution in [0.15, 0.2) is 22.9 Å². The third kappa shape index (κ3) is 3.87. The second-order valence-electron chi connectivity index (χ2n) is 5.82. The molecule has 0 fully saturated rings. The highest BCUT2D eigenvalue weighted by molar-refractivity contribution is 9.10. The molecule has 0 radical (unpaired) electrons. The molecule has 19 heavy (non-hydrogen) atoms. The first-order valence-electron chi connectivity index (χ1n) is 6.24. The first kappa shape index (κ1) is 14.7. The molecule has 3 nitrogen and oxygen atoms in total. The van der Waals surface area contributed by atoms with Crippen LogP contribution in [-0.2, 0) is 11.5 Å². The SMILES string of the molecule is C[Si](C)(C)CCOCn1cnc2c(F)cc(Br)cc21. The van der Waals surface area contributed by atoms with Crippen LogP contribution < -0.4 is 0 Å². The summed E-state index contributed by atoms with van der Waals surface area (Å²) >= 11 is 3.29. The number of fused-ring (bicyclic) bond motifs is 1. The Morgan fingerprint density at radius 1 is 1.37 bits per heavy atom. The van der Waals surface area contributed by atoms with Crippen molar-refractivity contribution < 1.29 is 9.13 Å². The largest absolute Gasteiger partial charge is 0.361 e. The van der Waals surface area contributed by atoms with Crippen molar-refractivity contribution >= 4 is 35.0 Å². The third-order valence-electron chi connectivity index (χ3n) is 2.87. The normalized spacial score (nSPS) is 12.3. The van der Waals surface area contributed by atoms with Gasteiger partial charge in [0.15, 0.2) is 5.82 Å². The van der Waals surface area contributed by atoms with Gasteiger partial charge in [0.1, 0.15) is 12.2 Å². The van der Waals surface area contributed by atoms with E-state index >= 15 is 0 Å². The van der Waals surface area contributed by atoms with Crippen LogP contribution >= 0.6 is 15.9 Å². The lowest BCUT2D eigenvalue weighted by Crippen LogP contribution is -2.21. The van der Waals surface area contributed by atoms with Gasteiger partial charge in [-0.2, -0.15) is 0 Å². The van der Waals surface area contributed by atoms with Crippen molar-refractivity contribution in [3.05, 3.63) is 28.7 Å². The van der Waals surface area contributed by atoms with E-state index in [1.54, 1.807) is 6.33 Å². The Bertz CT molecular complexity index is 580. The number of hydrogen-bond donors (Lipinski definition) is 0. The Kier molecular flexibility index (Phi) is 4.42. The lowest BCUT2D eigenvalue weighted by molar-refractivity contribution is 0.0898. The summed E-state index contributed by atoms with van der Waals surface area (Å²) in [7, 11) is -1.07. The molecule has 1 aromatic carbocycles. The maximum atomic E-state index is 13.7. The quantitative estimate of drug-likeness (QED) is 0.598. The molecule has 0 aliphatic carbocycles. The third-order valence-corrected chi connectivity index (χ3v) is 5.03. The molecule has 2 rings (SSSR count). The molecule has 1 aromatic heterocycles. The van der Waals surface area contributed by atoms with Crippen LogP contribution in [0.2, 0.25) is 25.7 Å². The van der Waals surface area contributed by atoms with Crippen LogP contribution in [-0.4, -0.2) is 24.2 Å². The van der Waals surface area contributed by atoms with Crippen molar-refractivity contribution in [1.82, 2.24) is 9.55 Å². The zero-order valence-electron chi connectivity index (χ0n) is 11.4. The van der Waals surface area contributed by atoms with Gasteiger partial charge in [0.05, 0.1) is 11.8 Å². The minimum absolute atomic E-state index is 0.315. The maximum Gasteiger partial charge on any atom is 0.152 e. The van der Waals surface area contributed by atoms with Crippen LogP contribution in [0.4, 0.5) is 4.39 Å². The van der Waals surface area contributed by atoms with Crippen molar-refractivity contribution in [3.63, 3.8) is 0 Å². The van der Waals surface area contributed by atoms with Gasteiger partial charge in [-0.15, -0.1) is 0 Å². The highest BCUT2D eigenvalue weighted by atomic mass is 79.9. The molecule has 0 aliphatic heterocycles. The number of benzene rings is 1. The zero-order chi connectivity index (χ0) is 14.0. The number of aromatic nitrogens is 2. The van der Waals surface area contributed by atoms with E-state index in [1.165, 1.54) is 6.07 Å². The predicted molar refractivity (Wildman–Crippen MR) is 81.5 cm³/mol. The molecule has 6 heteroatoms. The van der Waals surface area contributed by atoms with E-state index in [9.17, 15) is 4.39 Å². The van der Waals surface area contributed by atoms with Gasteiger partial charge in [-0.3, -0.25) is 0 Å². The molecule has 104 valence electrons.